The van der Waals surface area contributed by atoms with Gasteiger partial charge in [-0.2, -0.15) is 0 Å². The topological polar surface area (TPSA) is 60.2 Å². The number of benzene rings is 2. The van der Waals surface area contributed by atoms with Crippen LogP contribution in [0.1, 0.15) is 27.0 Å². The Morgan fingerprint density at radius 2 is 2.00 bits per heavy atom. The van der Waals surface area contributed by atoms with Crippen molar-refractivity contribution in [2.24, 2.45) is 0 Å². The number of nitrogens with one attached hydrogen (secondary N) is 1. The molecule has 0 unspecified atom stereocenters. The normalized spacial score (nSPS) is 18.6. The number of carbonyl (C=O) groups excluding carboxylic acids is 1. The summed E-state index contributed by atoms with van der Waals surface area (Å²) in [7, 11) is 0. The van der Waals surface area contributed by atoms with E-state index in [0.29, 0.717) is 42.2 Å². The standard InChI is InChI=1S/C21H20FNO4/c1-13-10-17(24)15(12-23-6-8-26-9-7-23)21-19(13)20(25)18(27-21)11-14-4-2-3-5-16(14)22/h2-5,10-11,24H,6-9,12H2,1H3/p+1/b18-11-. The lowest BCUT2D eigenvalue weighted by Crippen LogP contribution is -3.12. The van der Waals surface area contributed by atoms with E-state index in [4.69, 9.17) is 9.47 Å². The van der Waals surface area contributed by atoms with Crippen LogP contribution in [0, 0.1) is 12.7 Å². The molecular weight excluding hydrogens is 349 g/mol. The van der Waals surface area contributed by atoms with Gasteiger partial charge in [-0.25, -0.2) is 4.39 Å². The Morgan fingerprint density at radius 1 is 1.26 bits per heavy atom. The SMILES string of the molecule is Cc1cc(O)c(C[NH+]2CCOCC2)c2c1C(=O)/C(=C/c1ccccc1F)O2. The highest BCUT2D eigenvalue weighted by molar-refractivity contribution is 6.15. The molecule has 2 aromatic rings. The molecule has 1 saturated heterocycles. The number of aryl methyl sites for hydroxylation is 1. The highest BCUT2D eigenvalue weighted by atomic mass is 19.1. The van der Waals surface area contributed by atoms with Crippen LogP contribution in [-0.2, 0) is 11.3 Å². The molecule has 140 valence electrons. The van der Waals surface area contributed by atoms with E-state index in [1.165, 1.54) is 17.0 Å². The molecule has 6 heteroatoms. The lowest BCUT2D eigenvalue weighted by atomic mass is 9.99. The van der Waals surface area contributed by atoms with E-state index >= 15 is 0 Å². The first-order valence-corrected chi connectivity index (χ1v) is 9.00. The lowest BCUT2D eigenvalue weighted by molar-refractivity contribution is -0.921. The molecule has 0 amide bonds. The first-order chi connectivity index (χ1) is 13.0. The molecule has 0 aromatic heterocycles. The number of Topliss-reactive ketones (excluding diaryl/α,β-unsaturated/α-hetero) is 1. The molecule has 0 spiro atoms. The van der Waals surface area contributed by atoms with Crippen molar-refractivity contribution in [2.75, 3.05) is 26.3 Å². The van der Waals surface area contributed by atoms with Crippen LogP contribution in [0.5, 0.6) is 11.5 Å². The minimum absolute atomic E-state index is 0.0713. The van der Waals surface area contributed by atoms with Crippen molar-refractivity contribution in [2.45, 2.75) is 13.5 Å². The fraction of sp³-hybridized carbons (Fsp3) is 0.286. The van der Waals surface area contributed by atoms with Gasteiger partial charge in [-0.3, -0.25) is 4.79 Å². The number of fused-ring (bicyclic) bond motifs is 1. The molecule has 0 saturated carbocycles. The number of hydrogen-bond acceptors (Lipinski definition) is 4. The van der Waals surface area contributed by atoms with Gasteiger partial charge >= 0.3 is 0 Å². The molecule has 2 heterocycles. The second kappa shape index (κ2) is 7.13. The molecule has 2 aliphatic rings. The summed E-state index contributed by atoms with van der Waals surface area (Å²) in [4.78, 5) is 14.1. The lowest BCUT2D eigenvalue weighted by Gasteiger charge is -2.24. The number of ketones is 1. The smallest absolute Gasteiger partial charge is 0.232 e. The molecule has 0 aliphatic carbocycles. The molecule has 5 nitrogen and oxygen atoms in total. The minimum Gasteiger partial charge on any atom is -0.507 e. The van der Waals surface area contributed by atoms with Gasteiger partial charge in [0.25, 0.3) is 0 Å². The van der Waals surface area contributed by atoms with Crippen molar-refractivity contribution in [3.8, 4) is 11.5 Å². The molecule has 0 atom stereocenters. The van der Waals surface area contributed by atoms with Crippen molar-refractivity contribution in [3.05, 3.63) is 64.2 Å². The van der Waals surface area contributed by atoms with Gasteiger partial charge < -0.3 is 19.5 Å². The molecule has 2 N–H and O–H groups in total. The Kier molecular flexibility index (Phi) is 4.68. The summed E-state index contributed by atoms with van der Waals surface area (Å²) in [6, 6.07) is 7.82. The third-order valence-corrected chi connectivity index (χ3v) is 5.04. The third kappa shape index (κ3) is 3.34. The van der Waals surface area contributed by atoms with Gasteiger partial charge in [0.1, 0.15) is 31.2 Å². The first-order valence-electron chi connectivity index (χ1n) is 9.00. The van der Waals surface area contributed by atoms with Crippen LogP contribution < -0.4 is 9.64 Å². The van der Waals surface area contributed by atoms with Crippen LogP contribution in [0.2, 0.25) is 0 Å². The van der Waals surface area contributed by atoms with E-state index in [9.17, 15) is 14.3 Å². The number of morpholine rings is 1. The predicted molar refractivity (Wildman–Crippen MR) is 97.4 cm³/mol. The van der Waals surface area contributed by atoms with E-state index in [2.05, 4.69) is 0 Å². The maximum Gasteiger partial charge on any atom is 0.232 e. The molecular formula is C21H21FNO4+. The molecule has 2 aliphatic heterocycles. The van der Waals surface area contributed by atoms with E-state index in [0.717, 1.165) is 13.1 Å². The second-order valence-corrected chi connectivity index (χ2v) is 6.90. The Labute approximate surface area is 156 Å². The number of quaternary nitrogens is 1. The van der Waals surface area contributed by atoms with Crippen molar-refractivity contribution < 1.29 is 28.7 Å². The predicted octanol–water partition coefficient (Wildman–Crippen LogP) is 1.87. The zero-order valence-electron chi connectivity index (χ0n) is 15.0. The molecule has 1 fully saturated rings. The summed E-state index contributed by atoms with van der Waals surface area (Å²) in [5.74, 6) is -0.134. The monoisotopic (exact) mass is 370 g/mol. The molecule has 4 rings (SSSR count). The maximum absolute atomic E-state index is 14.0. The third-order valence-electron chi connectivity index (χ3n) is 5.04. The van der Waals surface area contributed by atoms with E-state index in [1.54, 1.807) is 31.2 Å². The van der Waals surface area contributed by atoms with Crippen LogP contribution in [0.15, 0.2) is 36.1 Å². The highest BCUT2D eigenvalue weighted by Crippen LogP contribution is 2.41. The Morgan fingerprint density at radius 3 is 2.74 bits per heavy atom. The van der Waals surface area contributed by atoms with Gasteiger partial charge in [0.05, 0.1) is 24.3 Å². The number of aromatic hydroxyl groups is 1. The fourth-order valence-corrected chi connectivity index (χ4v) is 3.57. The number of carbonyl (C=O) groups is 1. The average Bonchev–Trinajstić information content (AvgIpc) is 2.98. The minimum atomic E-state index is -0.421. The fourth-order valence-electron chi connectivity index (χ4n) is 3.57. The molecule has 27 heavy (non-hydrogen) atoms. The number of rotatable bonds is 3. The zero-order valence-corrected chi connectivity index (χ0v) is 15.0. The number of phenolic OH excluding ortho intramolecular Hbond substituents is 1. The van der Waals surface area contributed by atoms with E-state index in [-0.39, 0.29) is 22.9 Å². The van der Waals surface area contributed by atoms with Crippen LogP contribution in [0.25, 0.3) is 6.08 Å². The summed E-state index contributed by atoms with van der Waals surface area (Å²) in [5.41, 5.74) is 1.98. The van der Waals surface area contributed by atoms with Crippen LogP contribution >= 0.6 is 0 Å². The Hall–Kier alpha value is -2.70. The Balaban J connectivity index is 1.72. The molecule has 0 bridgehead atoms. The molecule has 2 aromatic carbocycles. The first kappa shape index (κ1) is 17.7. The van der Waals surface area contributed by atoms with Crippen molar-refractivity contribution in [3.63, 3.8) is 0 Å². The molecule has 0 radical (unpaired) electrons. The summed E-state index contributed by atoms with van der Waals surface area (Å²) in [5, 5.41) is 10.5. The highest BCUT2D eigenvalue weighted by Gasteiger charge is 2.34. The van der Waals surface area contributed by atoms with Gasteiger partial charge in [0.15, 0.2) is 11.5 Å². The number of allylic oxidation sites excluding steroid dienone is 1. The van der Waals surface area contributed by atoms with Gasteiger partial charge in [-0.1, -0.05) is 18.2 Å². The summed E-state index contributed by atoms with van der Waals surface area (Å²) < 4.78 is 25.2. The van der Waals surface area contributed by atoms with Gasteiger partial charge in [-0.15, -0.1) is 0 Å². The number of halogens is 1. The second-order valence-electron chi connectivity index (χ2n) is 6.90. The van der Waals surface area contributed by atoms with Gasteiger partial charge in [-0.05, 0) is 30.7 Å². The number of phenols is 1. The summed E-state index contributed by atoms with van der Waals surface area (Å²) in [6.45, 7) is 5.29. The van der Waals surface area contributed by atoms with E-state index in [1.807, 2.05) is 0 Å². The number of hydrogen-bond donors (Lipinski definition) is 2. The number of ether oxygens (including phenoxy) is 2. The largest absolute Gasteiger partial charge is 0.507 e. The Bertz CT molecular complexity index is 932. The zero-order chi connectivity index (χ0) is 19.0. The van der Waals surface area contributed by atoms with Crippen LogP contribution in [-0.4, -0.2) is 37.2 Å². The van der Waals surface area contributed by atoms with Gasteiger partial charge in [0, 0.05) is 5.56 Å². The maximum atomic E-state index is 14.0. The quantitative estimate of drug-likeness (QED) is 0.810. The van der Waals surface area contributed by atoms with Crippen molar-refractivity contribution >= 4 is 11.9 Å². The van der Waals surface area contributed by atoms with Gasteiger partial charge in [0.2, 0.25) is 5.78 Å². The van der Waals surface area contributed by atoms with E-state index < -0.39 is 5.82 Å². The van der Waals surface area contributed by atoms with Crippen LogP contribution in [0.4, 0.5) is 4.39 Å². The average molecular weight is 370 g/mol. The summed E-state index contributed by atoms with van der Waals surface area (Å²) in [6.07, 6.45) is 1.42. The van der Waals surface area contributed by atoms with Crippen molar-refractivity contribution in [1.29, 1.82) is 0 Å². The summed E-state index contributed by atoms with van der Waals surface area (Å²) >= 11 is 0. The van der Waals surface area contributed by atoms with Crippen LogP contribution in [0.3, 0.4) is 0 Å². The van der Waals surface area contributed by atoms with Crippen molar-refractivity contribution in [1.82, 2.24) is 0 Å².